The van der Waals surface area contributed by atoms with Gasteiger partial charge in [0.15, 0.2) is 0 Å². The fourth-order valence-electron chi connectivity index (χ4n) is 5.10. The SMILES string of the molecule is COc1cccc([C@H](C(=O)NC2CCCC2)N(Cc2ccc(C)cc2)C(=O)Cn2nnc3ccccc32)c1. The quantitative estimate of drug-likeness (QED) is 0.355. The lowest BCUT2D eigenvalue weighted by atomic mass is 10.0. The molecule has 0 unspecified atom stereocenters. The van der Waals surface area contributed by atoms with Gasteiger partial charge in [0.25, 0.3) is 0 Å². The molecule has 2 amide bonds. The average Bonchev–Trinajstić information content (AvgIpc) is 3.60. The molecule has 4 aromatic rings. The number of carbonyl (C=O) groups excluding carboxylic acids is 2. The van der Waals surface area contributed by atoms with E-state index in [2.05, 4.69) is 15.6 Å². The molecule has 1 fully saturated rings. The summed E-state index contributed by atoms with van der Waals surface area (Å²) in [5.41, 5.74) is 4.25. The Hall–Kier alpha value is -4.20. The van der Waals surface area contributed by atoms with Crippen LogP contribution in [0, 0.1) is 6.92 Å². The molecular weight excluding hydrogens is 478 g/mol. The summed E-state index contributed by atoms with van der Waals surface area (Å²) >= 11 is 0. The normalized spacial score (nSPS) is 14.4. The summed E-state index contributed by atoms with van der Waals surface area (Å²) in [5.74, 6) is 0.218. The monoisotopic (exact) mass is 511 g/mol. The number of hydrogen-bond acceptors (Lipinski definition) is 5. The first-order valence-corrected chi connectivity index (χ1v) is 13.1. The number of hydrogen-bond donors (Lipinski definition) is 1. The Kier molecular flexibility index (Phi) is 7.67. The standard InChI is InChI=1S/C30H33N5O3/c1-21-14-16-22(17-15-21)19-34(28(36)20-35-27-13-6-5-12-26(27)32-33-35)29(23-8-7-11-25(18-23)38-2)30(37)31-24-9-3-4-10-24/h5-8,11-18,24,29H,3-4,9-10,19-20H2,1-2H3,(H,31,37)/t29-/m1/s1. The van der Waals surface area contributed by atoms with E-state index in [0.29, 0.717) is 16.8 Å². The van der Waals surface area contributed by atoms with Crippen molar-refractivity contribution in [2.45, 2.75) is 57.8 Å². The van der Waals surface area contributed by atoms with Crippen LogP contribution >= 0.6 is 0 Å². The Balaban J connectivity index is 1.54. The van der Waals surface area contributed by atoms with E-state index in [-0.39, 0.29) is 30.9 Å². The van der Waals surface area contributed by atoms with Crippen LogP contribution < -0.4 is 10.1 Å². The molecular formula is C30H33N5O3. The van der Waals surface area contributed by atoms with Gasteiger partial charge in [0, 0.05) is 12.6 Å². The van der Waals surface area contributed by atoms with Gasteiger partial charge in [-0.1, -0.05) is 72.1 Å². The molecule has 8 nitrogen and oxygen atoms in total. The van der Waals surface area contributed by atoms with E-state index in [0.717, 1.165) is 42.3 Å². The number of benzene rings is 3. The van der Waals surface area contributed by atoms with Crippen molar-refractivity contribution in [2.24, 2.45) is 0 Å². The Morgan fingerprint density at radius 1 is 1.05 bits per heavy atom. The number of para-hydroxylation sites is 1. The van der Waals surface area contributed by atoms with Crippen LogP contribution in [0.2, 0.25) is 0 Å². The number of nitrogens with zero attached hydrogens (tertiary/aromatic N) is 4. The van der Waals surface area contributed by atoms with Crippen LogP contribution in [-0.2, 0) is 22.7 Å². The van der Waals surface area contributed by atoms with Gasteiger partial charge in [-0.3, -0.25) is 9.59 Å². The van der Waals surface area contributed by atoms with Crippen LogP contribution in [0.15, 0.2) is 72.8 Å². The minimum Gasteiger partial charge on any atom is -0.497 e. The number of fused-ring (bicyclic) bond motifs is 1. The lowest BCUT2D eigenvalue weighted by Gasteiger charge is -2.32. The number of carbonyl (C=O) groups is 2. The molecule has 1 N–H and O–H groups in total. The van der Waals surface area contributed by atoms with E-state index in [1.165, 1.54) is 0 Å². The third kappa shape index (κ3) is 5.69. The highest BCUT2D eigenvalue weighted by Crippen LogP contribution is 2.29. The van der Waals surface area contributed by atoms with Crippen LogP contribution in [0.1, 0.15) is 48.4 Å². The third-order valence-corrected chi connectivity index (χ3v) is 7.17. The van der Waals surface area contributed by atoms with Gasteiger partial charge in [-0.2, -0.15) is 0 Å². The van der Waals surface area contributed by atoms with Crippen molar-refractivity contribution < 1.29 is 14.3 Å². The van der Waals surface area contributed by atoms with Crippen LogP contribution in [0.5, 0.6) is 5.75 Å². The van der Waals surface area contributed by atoms with Crippen LogP contribution in [0.3, 0.4) is 0 Å². The summed E-state index contributed by atoms with van der Waals surface area (Å²) in [6.45, 7) is 2.26. The van der Waals surface area contributed by atoms with Crippen molar-refractivity contribution in [3.8, 4) is 5.75 Å². The van der Waals surface area contributed by atoms with Gasteiger partial charge in [-0.05, 0) is 55.2 Å². The van der Waals surface area contributed by atoms with Gasteiger partial charge < -0.3 is 15.0 Å². The zero-order valence-corrected chi connectivity index (χ0v) is 21.8. The molecule has 196 valence electrons. The molecule has 1 aliphatic rings. The molecule has 3 aromatic carbocycles. The maximum Gasteiger partial charge on any atom is 0.247 e. The molecule has 0 bridgehead atoms. The zero-order valence-electron chi connectivity index (χ0n) is 21.8. The number of ether oxygens (including phenoxy) is 1. The molecule has 1 saturated carbocycles. The van der Waals surface area contributed by atoms with Gasteiger partial charge in [-0.25, -0.2) is 4.68 Å². The van der Waals surface area contributed by atoms with Crippen molar-refractivity contribution in [3.63, 3.8) is 0 Å². The summed E-state index contributed by atoms with van der Waals surface area (Å²) in [7, 11) is 1.60. The molecule has 0 saturated heterocycles. The minimum absolute atomic E-state index is 0.0381. The van der Waals surface area contributed by atoms with Gasteiger partial charge >= 0.3 is 0 Å². The van der Waals surface area contributed by atoms with Gasteiger partial charge in [0.05, 0.1) is 12.6 Å². The van der Waals surface area contributed by atoms with Crippen molar-refractivity contribution in [1.82, 2.24) is 25.2 Å². The van der Waals surface area contributed by atoms with Crippen molar-refractivity contribution in [1.29, 1.82) is 0 Å². The molecule has 1 aliphatic carbocycles. The van der Waals surface area contributed by atoms with Crippen molar-refractivity contribution in [3.05, 3.63) is 89.5 Å². The molecule has 0 aliphatic heterocycles. The number of aromatic nitrogens is 3. The molecule has 5 rings (SSSR count). The lowest BCUT2D eigenvalue weighted by Crippen LogP contribution is -2.46. The van der Waals surface area contributed by atoms with E-state index < -0.39 is 6.04 Å². The lowest BCUT2D eigenvalue weighted by molar-refractivity contribution is -0.142. The summed E-state index contributed by atoms with van der Waals surface area (Å²) < 4.78 is 7.06. The molecule has 0 radical (unpaired) electrons. The maximum absolute atomic E-state index is 14.1. The van der Waals surface area contributed by atoms with Crippen LogP contribution in [-0.4, -0.2) is 44.9 Å². The minimum atomic E-state index is -0.839. The first-order chi connectivity index (χ1) is 18.5. The van der Waals surface area contributed by atoms with Gasteiger partial charge in [0.2, 0.25) is 11.8 Å². The first-order valence-electron chi connectivity index (χ1n) is 13.1. The average molecular weight is 512 g/mol. The highest BCUT2D eigenvalue weighted by atomic mass is 16.5. The van der Waals surface area contributed by atoms with Crippen LogP contribution in [0.25, 0.3) is 11.0 Å². The fraction of sp³-hybridized carbons (Fsp3) is 0.333. The fourth-order valence-corrected chi connectivity index (χ4v) is 5.10. The highest BCUT2D eigenvalue weighted by molar-refractivity contribution is 5.89. The largest absolute Gasteiger partial charge is 0.497 e. The van der Waals surface area contributed by atoms with Gasteiger partial charge in [-0.15, -0.1) is 5.10 Å². The summed E-state index contributed by atoms with van der Waals surface area (Å²) in [6.07, 6.45) is 4.10. The molecule has 8 heteroatoms. The first kappa shape index (κ1) is 25.4. The molecule has 0 spiro atoms. The molecule has 1 heterocycles. The predicted octanol–water partition coefficient (Wildman–Crippen LogP) is 4.58. The van der Waals surface area contributed by atoms with E-state index in [1.54, 1.807) is 16.7 Å². The number of methoxy groups -OCH3 is 1. The van der Waals surface area contributed by atoms with E-state index in [9.17, 15) is 9.59 Å². The topological polar surface area (TPSA) is 89.4 Å². The second kappa shape index (κ2) is 11.5. The number of nitrogens with one attached hydrogen (secondary N) is 1. The Morgan fingerprint density at radius 3 is 2.58 bits per heavy atom. The second-order valence-electron chi connectivity index (χ2n) is 9.91. The van der Waals surface area contributed by atoms with E-state index in [4.69, 9.17) is 4.74 Å². The van der Waals surface area contributed by atoms with Crippen molar-refractivity contribution in [2.75, 3.05) is 7.11 Å². The highest BCUT2D eigenvalue weighted by Gasteiger charge is 2.34. The molecule has 38 heavy (non-hydrogen) atoms. The maximum atomic E-state index is 14.1. The number of aryl methyl sites for hydroxylation is 1. The van der Waals surface area contributed by atoms with E-state index in [1.807, 2.05) is 79.7 Å². The molecule has 1 aromatic heterocycles. The Bertz CT molecular complexity index is 1410. The van der Waals surface area contributed by atoms with E-state index >= 15 is 0 Å². The summed E-state index contributed by atoms with van der Waals surface area (Å²) in [6, 6.07) is 22.2. The van der Waals surface area contributed by atoms with Crippen LogP contribution in [0.4, 0.5) is 0 Å². The van der Waals surface area contributed by atoms with Crippen molar-refractivity contribution >= 4 is 22.8 Å². The Morgan fingerprint density at radius 2 is 1.82 bits per heavy atom. The smallest absolute Gasteiger partial charge is 0.247 e. The summed E-state index contributed by atoms with van der Waals surface area (Å²) in [4.78, 5) is 29.6. The third-order valence-electron chi connectivity index (χ3n) is 7.17. The second-order valence-corrected chi connectivity index (χ2v) is 9.91. The molecule has 1 atom stereocenters. The number of rotatable bonds is 9. The Labute approximate surface area is 222 Å². The predicted molar refractivity (Wildman–Crippen MR) is 145 cm³/mol. The number of amides is 2. The zero-order chi connectivity index (χ0) is 26.5. The van der Waals surface area contributed by atoms with Gasteiger partial charge in [0.1, 0.15) is 23.9 Å². The summed E-state index contributed by atoms with van der Waals surface area (Å²) in [5, 5.41) is 11.6.